The lowest BCUT2D eigenvalue weighted by atomic mass is 10.0. The molecule has 1 saturated heterocycles. The first-order valence-electron chi connectivity index (χ1n) is 11.6. The van der Waals surface area contributed by atoms with Gasteiger partial charge in [0, 0.05) is 0 Å². The van der Waals surface area contributed by atoms with Crippen molar-refractivity contribution in [2.24, 2.45) is 0 Å². The molecule has 1 N–H and O–H groups in total. The molecule has 2 amide bonds. The van der Waals surface area contributed by atoms with Gasteiger partial charge in [0.15, 0.2) is 10.5 Å². The van der Waals surface area contributed by atoms with Crippen molar-refractivity contribution >= 4 is 51.9 Å². The van der Waals surface area contributed by atoms with Crippen LogP contribution < -0.4 is 20.4 Å². The fraction of sp³-hybridized carbons (Fsp3) is 0.103. The summed E-state index contributed by atoms with van der Waals surface area (Å²) in [6.07, 6.45) is 2.49. The third-order valence-electron chi connectivity index (χ3n) is 5.97. The van der Waals surface area contributed by atoms with Crippen LogP contribution in [-0.4, -0.2) is 16.9 Å². The van der Waals surface area contributed by atoms with Crippen LogP contribution in [0.1, 0.15) is 30.9 Å². The maximum absolute atomic E-state index is 13.4. The number of fused-ring (bicyclic) bond motifs is 1. The molecule has 0 unspecified atom stereocenters. The van der Waals surface area contributed by atoms with Gasteiger partial charge < -0.3 is 9.15 Å². The summed E-state index contributed by atoms with van der Waals surface area (Å²) < 4.78 is 11.4. The predicted molar refractivity (Wildman–Crippen MR) is 146 cm³/mol. The summed E-state index contributed by atoms with van der Waals surface area (Å²) in [5.74, 6) is 0.119. The predicted octanol–water partition coefficient (Wildman–Crippen LogP) is 5.54. The minimum absolute atomic E-state index is 0.0593. The van der Waals surface area contributed by atoms with Crippen molar-refractivity contribution in [3.8, 4) is 11.5 Å². The van der Waals surface area contributed by atoms with E-state index >= 15 is 0 Å². The minimum Gasteiger partial charge on any atom is -0.463 e. The summed E-state index contributed by atoms with van der Waals surface area (Å²) in [4.78, 5) is 40.5. The number of hydrogen-bond acceptors (Lipinski definition) is 6. The lowest BCUT2D eigenvalue weighted by Gasteiger charge is -2.29. The topological polar surface area (TPSA) is 88.8 Å². The van der Waals surface area contributed by atoms with Gasteiger partial charge in [-0.05, 0) is 78.3 Å². The molecule has 1 aliphatic heterocycles. The van der Waals surface area contributed by atoms with Crippen LogP contribution >= 0.6 is 12.2 Å². The van der Waals surface area contributed by atoms with E-state index in [1.807, 2.05) is 50.2 Å². The molecule has 0 aliphatic carbocycles. The van der Waals surface area contributed by atoms with E-state index in [-0.39, 0.29) is 27.6 Å². The Morgan fingerprint density at radius 2 is 1.65 bits per heavy atom. The molecule has 1 aliphatic rings. The van der Waals surface area contributed by atoms with Gasteiger partial charge in [-0.25, -0.2) is 0 Å². The summed E-state index contributed by atoms with van der Waals surface area (Å²) in [6.45, 7) is 4.05. The molecule has 0 bridgehead atoms. The van der Waals surface area contributed by atoms with Crippen LogP contribution in [0.4, 0.5) is 5.69 Å². The molecule has 0 spiro atoms. The third-order valence-corrected chi connectivity index (χ3v) is 6.25. The molecule has 0 radical (unpaired) electrons. The summed E-state index contributed by atoms with van der Waals surface area (Å²) >= 11 is 5.28. The second-order valence-electron chi connectivity index (χ2n) is 8.80. The number of rotatable bonds is 5. The number of carbonyl (C=O) groups is 2. The van der Waals surface area contributed by atoms with Crippen molar-refractivity contribution in [2.75, 3.05) is 4.90 Å². The van der Waals surface area contributed by atoms with Crippen LogP contribution in [0.2, 0.25) is 0 Å². The van der Waals surface area contributed by atoms with E-state index in [0.29, 0.717) is 28.2 Å². The number of amides is 2. The Morgan fingerprint density at radius 1 is 0.946 bits per heavy atom. The van der Waals surface area contributed by atoms with Crippen molar-refractivity contribution in [1.82, 2.24) is 5.32 Å². The second kappa shape index (κ2) is 9.83. The molecule has 0 saturated carbocycles. The molecule has 184 valence electrons. The van der Waals surface area contributed by atoms with Crippen LogP contribution in [0.25, 0.3) is 17.0 Å². The van der Waals surface area contributed by atoms with E-state index in [0.717, 1.165) is 5.56 Å². The number of nitrogens with one attached hydrogen (secondary N) is 1. The monoisotopic (exact) mass is 510 g/mol. The normalized spacial score (nSPS) is 14.9. The maximum atomic E-state index is 13.4. The van der Waals surface area contributed by atoms with Crippen LogP contribution in [0.5, 0.6) is 11.5 Å². The third kappa shape index (κ3) is 4.79. The van der Waals surface area contributed by atoms with E-state index < -0.39 is 11.8 Å². The van der Waals surface area contributed by atoms with E-state index in [4.69, 9.17) is 21.4 Å². The van der Waals surface area contributed by atoms with Crippen LogP contribution in [0.15, 0.2) is 93.8 Å². The molecule has 1 aromatic heterocycles. The summed E-state index contributed by atoms with van der Waals surface area (Å²) in [6, 6.07) is 21.4. The van der Waals surface area contributed by atoms with Gasteiger partial charge in [0.05, 0.1) is 16.6 Å². The van der Waals surface area contributed by atoms with Crippen LogP contribution in [0, 0.1) is 0 Å². The first-order valence-corrected chi connectivity index (χ1v) is 12.0. The highest BCUT2D eigenvalue weighted by Gasteiger charge is 2.34. The second-order valence-corrected chi connectivity index (χ2v) is 9.18. The standard InChI is InChI=1S/C29H22N2O5S/c1-17(2)18-8-13-25-23(14-18)26(32)19(16-35-25)15-24-27(33)30-29(37)31(28(24)34)20-9-11-22(12-10-20)36-21-6-4-3-5-7-21/h3-17H,1-2H3,(H,30,33,37). The Kier molecular flexibility index (Phi) is 6.42. The van der Waals surface area contributed by atoms with Gasteiger partial charge in [-0.1, -0.05) is 38.1 Å². The zero-order valence-electron chi connectivity index (χ0n) is 20.1. The Bertz CT molecular complexity index is 1620. The van der Waals surface area contributed by atoms with E-state index in [9.17, 15) is 14.4 Å². The molecule has 37 heavy (non-hydrogen) atoms. The van der Waals surface area contributed by atoms with Gasteiger partial charge in [0.2, 0.25) is 0 Å². The Hall–Kier alpha value is -4.56. The Morgan fingerprint density at radius 3 is 2.35 bits per heavy atom. The Labute approximate surface area is 218 Å². The fourth-order valence-corrected chi connectivity index (χ4v) is 4.24. The van der Waals surface area contributed by atoms with Crippen molar-refractivity contribution in [2.45, 2.75) is 19.8 Å². The van der Waals surface area contributed by atoms with Gasteiger partial charge in [-0.2, -0.15) is 0 Å². The molecule has 1 fully saturated rings. The molecule has 7 nitrogen and oxygen atoms in total. The summed E-state index contributed by atoms with van der Waals surface area (Å²) in [5.41, 5.74) is 1.37. The van der Waals surface area contributed by atoms with Crippen LogP contribution in [-0.2, 0) is 9.59 Å². The first kappa shape index (κ1) is 24.1. The Balaban J connectivity index is 1.47. The van der Waals surface area contributed by atoms with Gasteiger partial charge in [-0.3, -0.25) is 24.6 Å². The number of hydrogen-bond donors (Lipinski definition) is 1. The molecular formula is C29H22N2O5S. The number of thiocarbonyl (C=S) groups is 1. The van der Waals surface area contributed by atoms with Crippen molar-refractivity contribution in [1.29, 1.82) is 0 Å². The lowest BCUT2D eigenvalue weighted by Crippen LogP contribution is -2.54. The summed E-state index contributed by atoms with van der Waals surface area (Å²) in [7, 11) is 0. The summed E-state index contributed by atoms with van der Waals surface area (Å²) in [5, 5.41) is 2.85. The molecular weight excluding hydrogens is 488 g/mol. The number of para-hydroxylation sites is 1. The van der Waals surface area contributed by atoms with Gasteiger partial charge in [0.25, 0.3) is 11.8 Å². The zero-order valence-corrected chi connectivity index (χ0v) is 20.9. The molecule has 4 aromatic rings. The molecule has 3 aromatic carbocycles. The molecule has 5 rings (SSSR count). The quantitative estimate of drug-likeness (QED) is 0.215. The first-order chi connectivity index (χ1) is 17.8. The van der Waals surface area contributed by atoms with Gasteiger partial charge in [0.1, 0.15) is 28.9 Å². The highest BCUT2D eigenvalue weighted by molar-refractivity contribution is 7.80. The molecule has 0 atom stereocenters. The largest absolute Gasteiger partial charge is 0.463 e. The fourth-order valence-electron chi connectivity index (χ4n) is 3.96. The smallest absolute Gasteiger partial charge is 0.270 e. The van der Waals surface area contributed by atoms with Crippen molar-refractivity contribution < 1.29 is 18.7 Å². The van der Waals surface area contributed by atoms with E-state index in [1.165, 1.54) is 17.2 Å². The van der Waals surface area contributed by atoms with Crippen LogP contribution in [0.3, 0.4) is 0 Å². The van der Waals surface area contributed by atoms with E-state index in [1.54, 1.807) is 36.4 Å². The number of carbonyl (C=O) groups excluding carboxylic acids is 2. The lowest BCUT2D eigenvalue weighted by molar-refractivity contribution is -0.122. The average Bonchev–Trinajstić information content (AvgIpc) is 2.89. The van der Waals surface area contributed by atoms with Crippen molar-refractivity contribution in [3.63, 3.8) is 0 Å². The minimum atomic E-state index is -0.689. The number of nitrogens with zero attached hydrogens (tertiary/aromatic N) is 1. The van der Waals surface area contributed by atoms with Crippen molar-refractivity contribution in [3.05, 3.63) is 106 Å². The zero-order chi connectivity index (χ0) is 26.1. The number of ether oxygens (including phenoxy) is 1. The SMILES string of the molecule is CC(C)c1ccc2occ(C=C3C(=O)NC(=S)N(c4ccc(Oc5ccccc5)cc4)C3=O)c(=O)c2c1. The van der Waals surface area contributed by atoms with Gasteiger partial charge in [-0.15, -0.1) is 0 Å². The van der Waals surface area contributed by atoms with Gasteiger partial charge >= 0.3 is 0 Å². The van der Waals surface area contributed by atoms with E-state index in [2.05, 4.69) is 5.32 Å². The average molecular weight is 511 g/mol. The molecule has 2 heterocycles. The maximum Gasteiger partial charge on any atom is 0.270 e. The highest BCUT2D eigenvalue weighted by atomic mass is 32.1. The number of anilines is 1. The number of benzene rings is 3. The molecule has 8 heteroatoms. The highest BCUT2D eigenvalue weighted by Crippen LogP contribution is 2.27.